The Labute approximate surface area is 188 Å². The minimum Gasteiger partial charge on any atom is -0.502 e. The van der Waals surface area contributed by atoms with Crippen LogP contribution in [0.5, 0.6) is 11.5 Å². The predicted molar refractivity (Wildman–Crippen MR) is 122 cm³/mol. The molecule has 0 radical (unpaired) electrons. The molecule has 2 N–H and O–H groups in total. The molecule has 0 aromatic carbocycles. The molecule has 0 aliphatic heterocycles. The van der Waals surface area contributed by atoms with Crippen LogP contribution in [0.15, 0.2) is 43.1 Å². The van der Waals surface area contributed by atoms with Gasteiger partial charge in [0.2, 0.25) is 10.9 Å². The second-order valence-corrected chi connectivity index (χ2v) is 7.93. The van der Waals surface area contributed by atoms with Gasteiger partial charge in [0, 0.05) is 49.9 Å². The largest absolute Gasteiger partial charge is 0.502 e. The molecule has 0 amide bonds. The second-order valence-electron chi connectivity index (χ2n) is 7.93. The molecule has 1 unspecified atom stereocenters. The third kappa shape index (κ3) is 8.88. The summed E-state index contributed by atoms with van der Waals surface area (Å²) in [7, 11) is 0. The first-order valence-corrected chi connectivity index (χ1v) is 11.0. The molecule has 0 fully saturated rings. The Kier molecular flexibility index (Phi) is 11.8. The minimum atomic E-state index is -0.454. The van der Waals surface area contributed by atoms with Gasteiger partial charge in [-0.1, -0.05) is 34.6 Å². The van der Waals surface area contributed by atoms with E-state index in [-0.39, 0.29) is 11.3 Å². The van der Waals surface area contributed by atoms with Crippen LogP contribution in [-0.2, 0) is 14.9 Å². The monoisotopic (exact) mass is 452 g/mol. The average molecular weight is 453 g/mol. The molecule has 2 heterocycles. The molecule has 1 atom stereocenters. The van der Waals surface area contributed by atoms with Crippen molar-refractivity contribution in [2.45, 2.75) is 65.2 Å². The highest BCUT2D eigenvalue weighted by Gasteiger charge is 2.24. The number of rotatable bonds is 12. The Morgan fingerprint density at radius 1 is 0.906 bits per heavy atom. The zero-order chi connectivity index (χ0) is 24.1. The van der Waals surface area contributed by atoms with Gasteiger partial charge < -0.3 is 28.5 Å². The van der Waals surface area contributed by atoms with Crippen LogP contribution in [-0.4, -0.2) is 36.6 Å². The van der Waals surface area contributed by atoms with E-state index in [0.29, 0.717) is 50.8 Å². The van der Waals surface area contributed by atoms with E-state index in [9.17, 15) is 19.8 Å². The maximum atomic E-state index is 11.6. The zero-order valence-electron chi connectivity index (χ0n) is 19.7. The Balaban J connectivity index is 0.00000249. The molecule has 0 spiro atoms. The van der Waals surface area contributed by atoms with Gasteiger partial charge in [-0.3, -0.25) is 9.59 Å². The molecule has 0 aliphatic rings. The normalized spacial score (nSPS) is 12.2. The van der Waals surface area contributed by atoms with Gasteiger partial charge >= 0.3 is 0 Å². The third-order valence-corrected chi connectivity index (χ3v) is 4.94. The number of hydrogen-bond donors (Lipinski definition) is 2. The average Bonchev–Trinajstić information content (AvgIpc) is 2.77. The topological polar surface area (TPSA) is 119 Å². The lowest BCUT2D eigenvalue weighted by atomic mass is 9.86. The summed E-state index contributed by atoms with van der Waals surface area (Å²) in [6.45, 7) is 12.0. The Morgan fingerprint density at radius 3 is 2.06 bits per heavy atom. The molecule has 180 valence electrons. The molecule has 2 rings (SSSR count). The summed E-state index contributed by atoms with van der Waals surface area (Å²) >= 11 is 0. The van der Waals surface area contributed by atoms with Crippen LogP contribution in [0, 0.1) is 0 Å². The third-order valence-electron chi connectivity index (χ3n) is 4.94. The highest BCUT2D eigenvalue weighted by molar-refractivity contribution is 5.19. The lowest BCUT2D eigenvalue weighted by molar-refractivity contribution is 0.0722. The predicted octanol–water partition coefficient (Wildman–Crippen LogP) is 4.32. The fourth-order valence-electron chi connectivity index (χ4n) is 2.76. The summed E-state index contributed by atoms with van der Waals surface area (Å²) in [6.07, 6.45) is 4.23. The van der Waals surface area contributed by atoms with Gasteiger partial charge in [0.15, 0.2) is 11.5 Å². The van der Waals surface area contributed by atoms with E-state index in [0.717, 1.165) is 18.9 Å². The molecular formula is C24H36O8. The summed E-state index contributed by atoms with van der Waals surface area (Å²) in [6, 6.07) is 2.62. The van der Waals surface area contributed by atoms with E-state index < -0.39 is 22.4 Å². The van der Waals surface area contributed by atoms with Crippen LogP contribution in [0.2, 0.25) is 0 Å². The van der Waals surface area contributed by atoms with E-state index in [4.69, 9.17) is 18.3 Å². The van der Waals surface area contributed by atoms with Crippen LogP contribution in [0.25, 0.3) is 0 Å². The molecule has 32 heavy (non-hydrogen) atoms. The molecule has 0 saturated carbocycles. The number of hydrogen-bond acceptors (Lipinski definition) is 8. The Bertz CT molecular complexity index is 913. The lowest BCUT2D eigenvalue weighted by Crippen LogP contribution is -2.21. The van der Waals surface area contributed by atoms with Crippen molar-refractivity contribution in [2.75, 3.05) is 26.4 Å². The van der Waals surface area contributed by atoms with Crippen molar-refractivity contribution in [3.63, 3.8) is 0 Å². The van der Waals surface area contributed by atoms with Crippen molar-refractivity contribution in [3.05, 3.63) is 56.6 Å². The Hall–Kier alpha value is -2.58. The Morgan fingerprint density at radius 2 is 1.47 bits per heavy atom. The molecule has 0 bridgehead atoms. The summed E-state index contributed by atoms with van der Waals surface area (Å²) in [5.74, 6) is 0.260. The van der Waals surface area contributed by atoms with Crippen LogP contribution < -0.4 is 10.9 Å². The van der Waals surface area contributed by atoms with Crippen LogP contribution in [0.4, 0.5) is 0 Å². The van der Waals surface area contributed by atoms with Gasteiger partial charge in [-0.25, -0.2) is 0 Å². The summed E-state index contributed by atoms with van der Waals surface area (Å²) in [4.78, 5) is 23.0. The molecule has 0 aliphatic carbocycles. The maximum Gasteiger partial charge on any atom is 0.226 e. The highest BCUT2D eigenvalue weighted by Crippen LogP contribution is 2.26. The highest BCUT2D eigenvalue weighted by atomic mass is 16.5. The summed E-state index contributed by atoms with van der Waals surface area (Å²) < 4.78 is 21.8. The van der Waals surface area contributed by atoms with E-state index in [2.05, 4.69) is 0 Å². The van der Waals surface area contributed by atoms with Crippen LogP contribution in [0.1, 0.15) is 71.3 Å². The first kappa shape index (κ1) is 27.5. The molecule has 0 saturated heterocycles. The van der Waals surface area contributed by atoms with E-state index in [1.807, 2.05) is 34.6 Å². The first-order valence-electron chi connectivity index (χ1n) is 11.0. The van der Waals surface area contributed by atoms with Gasteiger partial charge in [0.25, 0.3) is 0 Å². The van der Waals surface area contributed by atoms with Gasteiger partial charge in [-0.05, 0) is 19.3 Å². The van der Waals surface area contributed by atoms with E-state index >= 15 is 0 Å². The van der Waals surface area contributed by atoms with Gasteiger partial charge in [-0.2, -0.15) is 0 Å². The fraction of sp³-hybridized carbons (Fsp3) is 0.583. The van der Waals surface area contributed by atoms with Crippen LogP contribution in [0.3, 0.4) is 0 Å². The smallest absolute Gasteiger partial charge is 0.226 e. The lowest BCUT2D eigenvalue weighted by Gasteiger charge is -2.23. The molecular weight excluding hydrogens is 416 g/mol. The van der Waals surface area contributed by atoms with Gasteiger partial charge in [0.1, 0.15) is 24.0 Å². The number of aromatic hydroxyl groups is 2. The summed E-state index contributed by atoms with van der Waals surface area (Å²) in [5.41, 5.74) is -1.29. The van der Waals surface area contributed by atoms with Crippen molar-refractivity contribution in [1.29, 1.82) is 0 Å². The van der Waals surface area contributed by atoms with Crippen LogP contribution >= 0.6 is 0 Å². The van der Waals surface area contributed by atoms with Crippen molar-refractivity contribution in [1.82, 2.24) is 0 Å². The summed E-state index contributed by atoms with van der Waals surface area (Å²) in [5, 5.41) is 18.5. The molecule has 8 nitrogen and oxygen atoms in total. The number of ether oxygens (including phenoxy) is 2. The minimum absolute atomic E-state index is 0.0109. The quantitative estimate of drug-likeness (QED) is 0.457. The molecule has 8 heteroatoms. The van der Waals surface area contributed by atoms with Crippen molar-refractivity contribution in [2.24, 2.45) is 0 Å². The second kappa shape index (κ2) is 13.8. The van der Waals surface area contributed by atoms with Gasteiger partial charge in [0.05, 0.1) is 0 Å². The van der Waals surface area contributed by atoms with Gasteiger partial charge in [-0.15, -0.1) is 0 Å². The van der Waals surface area contributed by atoms with E-state index in [1.54, 1.807) is 0 Å². The SMILES string of the molecule is CC.CC(CCOCCCOCCC(C)(C)c1cc(=O)c(O)co1)c1cc(=O)c(O)co1. The van der Waals surface area contributed by atoms with E-state index in [1.165, 1.54) is 12.1 Å². The first-order chi connectivity index (χ1) is 15.2. The molecule has 2 aromatic rings. The zero-order valence-corrected chi connectivity index (χ0v) is 19.7. The molecule has 2 aromatic heterocycles. The standard InChI is InChI=1S/C22H30O8.C2H6/c1-15(20-11-16(23)18(25)13-29-20)5-9-27-7-4-8-28-10-6-22(2,3)21-12-17(24)19(26)14-30-21;1-2/h11-15,25-26H,4-10H2,1-3H3;1-2H3. The van der Waals surface area contributed by atoms with Crippen molar-refractivity contribution < 1.29 is 28.5 Å². The maximum absolute atomic E-state index is 11.6. The van der Waals surface area contributed by atoms with Crippen molar-refractivity contribution >= 4 is 0 Å². The van der Waals surface area contributed by atoms with Crippen molar-refractivity contribution in [3.8, 4) is 11.5 Å². The fourth-order valence-corrected chi connectivity index (χ4v) is 2.76.